The van der Waals surface area contributed by atoms with Crippen molar-refractivity contribution in [3.63, 3.8) is 0 Å². The van der Waals surface area contributed by atoms with E-state index in [-0.39, 0.29) is 23.2 Å². The molecule has 0 bridgehead atoms. The number of carbonyl (C=O) groups excluding carboxylic acids is 3. The molecule has 0 saturated carbocycles. The van der Waals surface area contributed by atoms with Crippen LogP contribution in [0.15, 0.2) is 29.6 Å². The Kier molecular flexibility index (Phi) is 10.1. The average Bonchev–Trinajstić information content (AvgIpc) is 3.31. The van der Waals surface area contributed by atoms with Crippen LogP contribution in [0.4, 0.5) is 0 Å². The summed E-state index contributed by atoms with van der Waals surface area (Å²) in [5.41, 5.74) is 1.47. The van der Waals surface area contributed by atoms with Gasteiger partial charge in [0.1, 0.15) is 16.7 Å². The van der Waals surface area contributed by atoms with E-state index in [2.05, 4.69) is 49.5 Å². The highest BCUT2D eigenvalue weighted by Crippen LogP contribution is 2.36. The van der Waals surface area contributed by atoms with E-state index in [4.69, 9.17) is 13.9 Å². The van der Waals surface area contributed by atoms with Crippen LogP contribution in [-0.4, -0.2) is 71.1 Å². The van der Waals surface area contributed by atoms with Gasteiger partial charge in [-0.2, -0.15) is 0 Å². The van der Waals surface area contributed by atoms with Crippen LogP contribution >= 0.6 is 11.3 Å². The van der Waals surface area contributed by atoms with E-state index >= 15 is 0 Å². The first-order valence-electron chi connectivity index (χ1n) is 11.3. The van der Waals surface area contributed by atoms with Crippen molar-refractivity contribution in [1.29, 1.82) is 0 Å². The smallest absolute Gasteiger partial charge is 0.330 e. The normalized spacial score (nSPS) is 12.7. The molecule has 1 aromatic heterocycles. The van der Waals surface area contributed by atoms with Gasteiger partial charge in [0.25, 0.3) is 11.8 Å². The Morgan fingerprint density at radius 3 is 2.31 bits per heavy atom. The fourth-order valence-electron chi connectivity index (χ4n) is 2.69. The summed E-state index contributed by atoms with van der Waals surface area (Å²) >= 11 is 1.29. The Bertz CT molecular complexity index is 1020. The van der Waals surface area contributed by atoms with Crippen LogP contribution in [0.5, 0.6) is 0 Å². The van der Waals surface area contributed by atoms with Crippen molar-refractivity contribution >= 4 is 37.4 Å². The van der Waals surface area contributed by atoms with E-state index in [1.165, 1.54) is 18.4 Å². The lowest BCUT2D eigenvalue weighted by atomic mass is 10.1. The third kappa shape index (κ3) is 7.96. The number of rotatable bonds is 11. The topological polar surface area (TPSA) is 116 Å². The fourth-order valence-corrected chi connectivity index (χ4v) is 4.52. The molecule has 2 amide bonds. The Morgan fingerprint density at radius 2 is 1.74 bits per heavy atom. The van der Waals surface area contributed by atoms with Crippen molar-refractivity contribution in [2.75, 3.05) is 34.0 Å². The van der Waals surface area contributed by atoms with Gasteiger partial charge in [-0.3, -0.25) is 9.59 Å². The predicted octanol–water partition coefficient (Wildman–Crippen LogP) is 3.48. The Morgan fingerprint density at radius 1 is 1.09 bits per heavy atom. The molecular weight excluding hydrogens is 486 g/mol. The Balaban J connectivity index is 2.06. The second kappa shape index (κ2) is 12.4. The summed E-state index contributed by atoms with van der Waals surface area (Å²) < 4.78 is 15.9. The molecule has 0 unspecified atom stereocenters. The largest absolute Gasteiger partial charge is 0.467 e. The molecular formula is C24H35N3O6SSi. The van der Waals surface area contributed by atoms with Crippen molar-refractivity contribution in [2.45, 2.75) is 44.9 Å². The first-order valence-corrected chi connectivity index (χ1v) is 15.0. The number of methoxy groups -OCH3 is 2. The first kappa shape index (κ1) is 28.6. The lowest BCUT2D eigenvalue weighted by Gasteiger charge is -2.37. The summed E-state index contributed by atoms with van der Waals surface area (Å²) in [6, 6.07) is 6.00. The number of ether oxygens (including phenoxy) is 2. The van der Waals surface area contributed by atoms with Gasteiger partial charge in [-0.25, -0.2) is 9.78 Å². The summed E-state index contributed by atoms with van der Waals surface area (Å²) in [5.74, 6) is -1.26. The third-order valence-electron chi connectivity index (χ3n) is 5.93. The van der Waals surface area contributed by atoms with Gasteiger partial charge in [-0.15, -0.1) is 11.3 Å². The molecule has 2 aromatic rings. The zero-order chi connectivity index (χ0) is 26.2. The van der Waals surface area contributed by atoms with Crippen molar-refractivity contribution in [3.8, 4) is 10.6 Å². The van der Waals surface area contributed by atoms with Crippen LogP contribution in [0.1, 0.15) is 41.6 Å². The maximum Gasteiger partial charge on any atom is 0.330 e. The maximum atomic E-state index is 12.8. The quantitative estimate of drug-likeness (QED) is 0.264. The van der Waals surface area contributed by atoms with Gasteiger partial charge in [-0.1, -0.05) is 32.9 Å². The van der Waals surface area contributed by atoms with Crippen LogP contribution < -0.4 is 10.6 Å². The second-order valence-electron chi connectivity index (χ2n) is 9.48. The number of thiazole rings is 1. The average molecular weight is 522 g/mol. The third-order valence-corrected chi connectivity index (χ3v) is 11.3. The van der Waals surface area contributed by atoms with E-state index in [0.29, 0.717) is 23.7 Å². The monoisotopic (exact) mass is 521 g/mol. The maximum absolute atomic E-state index is 12.8. The lowest BCUT2D eigenvalue weighted by molar-refractivity contribution is -0.143. The van der Waals surface area contributed by atoms with Gasteiger partial charge < -0.3 is 24.5 Å². The van der Waals surface area contributed by atoms with Crippen molar-refractivity contribution in [2.24, 2.45) is 0 Å². The van der Waals surface area contributed by atoms with Crippen LogP contribution in [0, 0.1) is 0 Å². The Hall–Kier alpha value is -2.60. The number of hydrogen-bond donors (Lipinski definition) is 2. The molecule has 1 atom stereocenters. The fraction of sp³-hybridized carbons (Fsp3) is 0.500. The number of amides is 2. The zero-order valence-electron chi connectivity index (χ0n) is 21.4. The van der Waals surface area contributed by atoms with Gasteiger partial charge >= 0.3 is 5.97 Å². The number of esters is 1. The van der Waals surface area contributed by atoms with Gasteiger partial charge in [0, 0.05) is 30.2 Å². The molecule has 1 aromatic carbocycles. The van der Waals surface area contributed by atoms with Gasteiger partial charge in [-0.05, 0) is 30.3 Å². The highest BCUT2D eigenvalue weighted by molar-refractivity contribution is 7.13. The molecule has 0 fully saturated rings. The van der Waals surface area contributed by atoms with Gasteiger partial charge in [0.15, 0.2) is 8.32 Å². The minimum absolute atomic E-state index is 0.0276. The molecule has 2 N–H and O–H groups in total. The number of nitrogens with zero attached hydrogens (tertiary/aromatic N) is 1. The minimum atomic E-state index is -2.13. The van der Waals surface area contributed by atoms with Crippen molar-refractivity contribution in [1.82, 2.24) is 15.6 Å². The molecule has 35 heavy (non-hydrogen) atoms. The summed E-state index contributed by atoms with van der Waals surface area (Å²) in [4.78, 5) is 41.7. The lowest BCUT2D eigenvalue weighted by Crippen LogP contribution is -2.49. The second-order valence-corrected chi connectivity index (χ2v) is 15.2. The SMILES string of the molecule is COCCNC(=O)c1ccc(-c2nc(C(=O)N[C@@H](CO[Si](C)(C)C(C)(C)C)C(=O)OC)cs2)cc1. The van der Waals surface area contributed by atoms with Crippen molar-refractivity contribution in [3.05, 3.63) is 40.9 Å². The number of aromatic nitrogens is 1. The molecule has 11 heteroatoms. The molecule has 0 aliphatic carbocycles. The summed E-state index contributed by atoms with van der Waals surface area (Å²) in [5, 5.41) is 7.65. The van der Waals surface area contributed by atoms with E-state index in [1.54, 1.807) is 36.8 Å². The van der Waals surface area contributed by atoms with Crippen molar-refractivity contribution < 1.29 is 28.3 Å². The number of carbonyl (C=O) groups is 3. The highest BCUT2D eigenvalue weighted by atomic mass is 32.1. The molecule has 0 spiro atoms. The standard InChI is InChI=1S/C24H35N3O6SSi/c1-24(2,3)35(6,7)33-14-18(23(30)32-5)26-21(29)19-15-34-22(27-19)17-10-8-16(9-11-17)20(28)25-12-13-31-4/h8-11,15,18H,12-14H2,1-7H3,(H,25,28)(H,26,29)/t18-/m0/s1. The molecule has 2 rings (SSSR count). The van der Waals surface area contributed by atoms with E-state index in [1.807, 2.05) is 0 Å². The molecule has 0 aliphatic heterocycles. The van der Waals surface area contributed by atoms with E-state index < -0.39 is 26.2 Å². The van der Waals surface area contributed by atoms with Crippen LogP contribution in [-0.2, 0) is 18.7 Å². The Labute approximate surface area is 211 Å². The number of hydrogen-bond acceptors (Lipinski definition) is 8. The number of benzene rings is 1. The van der Waals surface area contributed by atoms with Crippen LogP contribution in [0.2, 0.25) is 18.1 Å². The van der Waals surface area contributed by atoms with Gasteiger partial charge in [0.05, 0.1) is 20.3 Å². The first-order chi connectivity index (χ1) is 16.4. The summed E-state index contributed by atoms with van der Waals surface area (Å²) in [6.07, 6.45) is 0. The predicted molar refractivity (Wildman–Crippen MR) is 138 cm³/mol. The van der Waals surface area contributed by atoms with Crippen LogP contribution in [0.3, 0.4) is 0 Å². The van der Waals surface area contributed by atoms with E-state index in [0.717, 1.165) is 5.56 Å². The highest BCUT2D eigenvalue weighted by Gasteiger charge is 2.38. The zero-order valence-corrected chi connectivity index (χ0v) is 23.2. The molecule has 0 saturated heterocycles. The molecule has 192 valence electrons. The molecule has 1 heterocycles. The minimum Gasteiger partial charge on any atom is -0.467 e. The molecule has 9 nitrogen and oxygen atoms in total. The summed E-state index contributed by atoms with van der Waals surface area (Å²) in [7, 11) is 0.719. The number of nitrogens with one attached hydrogen (secondary N) is 2. The summed E-state index contributed by atoms with van der Waals surface area (Å²) in [6.45, 7) is 11.3. The molecule has 0 aliphatic rings. The molecule has 0 radical (unpaired) electrons. The van der Waals surface area contributed by atoms with Gasteiger partial charge in [0.2, 0.25) is 0 Å². The van der Waals surface area contributed by atoms with Crippen LogP contribution in [0.25, 0.3) is 10.6 Å². The van der Waals surface area contributed by atoms with E-state index in [9.17, 15) is 14.4 Å².